The van der Waals surface area contributed by atoms with Gasteiger partial charge in [0.1, 0.15) is 0 Å². The molecule has 2 aliphatic rings. The lowest BCUT2D eigenvalue weighted by atomic mass is 9.87. The smallest absolute Gasteiger partial charge is 0.217 e. The number of hydrogen-bond acceptors (Lipinski definition) is 2. The van der Waals surface area contributed by atoms with Crippen molar-refractivity contribution in [2.45, 2.75) is 50.7 Å². The molecule has 1 aromatic rings. The minimum Gasteiger partial charge on any atom is -0.370 e. The van der Waals surface area contributed by atoms with Gasteiger partial charge in [-0.2, -0.15) is 0 Å². The molecule has 1 amide bonds. The van der Waals surface area contributed by atoms with E-state index in [9.17, 15) is 4.79 Å². The van der Waals surface area contributed by atoms with Gasteiger partial charge in [0.05, 0.1) is 0 Å². The van der Waals surface area contributed by atoms with E-state index in [2.05, 4.69) is 35.2 Å². The zero-order valence-corrected chi connectivity index (χ0v) is 11.3. The fourth-order valence-electron chi connectivity index (χ4n) is 3.89. The van der Waals surface area contributed by atoms with Crippen LogP contribution in [0.4, 0.5) is 0 Å². The van der Waals surface area contributed by atoms with E-state index in [0.717, 1.165) is 19.4 Å². The molecule has 102 valence electrons. The van der Waals surface area contributed by atoms with Crippen LogP contribution in [0.3, 0.4) is 0 Å². The summed E-state index contributed by atoms with van der Waals surface area (Å²) in [6.07, 6.45) is 5.43. The number of fused-ring (bicyclic) bond motifs is 2. The summed E-state index contributed by atoms with van der Waals surface area (Å²) in [4.78, 5) is 13.7. The van der Waals surface area contributed by atoms with Crippen LogP contribution in [-0.2, 0) is 11.3 Å². The molecule has 1 aromatic carbocycles. The van der Waals surface area contributed by atoms with Gasteiger partial charge in [-0.1, -0.05) is 30.3 Å². The van der Waals surface area contributed by atoms with Gasteiger partial charge in [-0.3, -0.25) is 9.69 Å². The van der Waals surface area contributed by atoms with Crippen molar-refractivity contribution < 1.29 is 4.79 Å². The zero-order valence-electron chi connectivity index (χ0n) is 11.3. The number of carbonyl (C=O) groups is 1. The Labute approximate surface area is 114 Å². The molecule has 1 unspecified atom stereocenters. The van der Waals surface area contributed by atoms with Crippen LogP contribution >= 0.6 is 0 Å². The molecule has 3 nitrogen and oxygen atoms in total. The third-order valence-electron chi connectivity index (χ3n) is 4.68. The van der Waals surface area contributed by atoms with Crippen LogP contribution in [0, 0.1) is 5.92 Å². The summed E-state index contributed by atoms with van der Waals surface area (Å²) in [6.45, 7) is 1.06. The van der Waals surface area contributed by atoms with Gasteiger partial charge in [-0.15, -0.1) is 0 Å². The van der Waals surface area contributed by atoms with Crippen LogP contribution < -0.4 is 5.73 Å². The fraction of sp³-hybridized carbons (Fsp3) is 0.562. The molecule has 2 heterocycles. The van der Waals surface area contributed by atoms with Gasteiger partial charge in [-0.25, -0.2) is 0 Å². The van der Waals surface area contributed by atoms with Crippen molar-refractivity contribution in [3.8, 4) is 0 Å². The highest BCUT2D eigenvalue weighted by Crippen LogP contribution is 2.40. The SMILES string of the molecule is NC(=O)CC1C[C@H]2CC[C@@H](C1)N2Cc1ccccc1. The first-order valence-electron chi connectivity index (χ1n) is 7.30. The van der Waals surface area contributed by atoms with Crippen LogP contribution in [0.15, 0.2) is 30.3 Å². The highest BCUT2D eigenvalue weighted by Gasteiger charge is 2.40. The van der Waals surface area contributed by atoms with Crippen molar-refractivity contribution in [1.82, 2.24) is 4.90 Å². The average Bonchev–Trinajstić information content (AvgIpc) is 2.62. The first kappa shape index (κ1) is 12.7. The maximum absolute atomic E-state index is 11.1. The number of rotatable bonds is 4. The average molecular weight is 258 g/mol. The lowest BCUT2D eigenvalue weighted by Gasteiger charge is -2.38. The second-order valence-corrected chi connectivity index (χ2v) is 6.05. The third kappa shape index (κ3) is 2.81. The number of nitrogens with two attached hydrogens (primary N) is 1. The molecule has 2 bridgehead atoms. The van der Waals surface area contributed by atoms with Crippen LogP contribution in [0.1, 0.15) is 37.7 Å². The summed E-state index contributed by atoms with van der Waals surface area (Å²) in [7, 11) is 0. The van der Waals surface area contributed by atoms with E-state index in [4.69, 9.17) is 5.73 Å². The summed E-state index contributed by atoms with van der Waals surface area (Å²) in [5.41, 5.74) is 6.74. The molecule has 3 atom stereocenters. The molecule has 0 saturated carbocycles. The number of nitrogens with zero attached hydrogens (tertiary/aromatic N) is 1. The van der Waals surface area contributed by atoms with Gasteiger partial charge in [-0.05, 0) is 37.2 Å². The van der Waals surface area contributed by atoms with Gasteiger partial charge in [0, 0.05) is 25.0 Å². The molecule has 2 saturated heterocycles. The predicted octanol–water partition coefficient (Wildman–Crippen LogP) is 2.30. The molecular formula is C16H22N2O. The molecule has 0 radical (unpaired) electrons. The molecular weight excluding hydrogens is 236 g/mol. The van der Waals surface area contributed by atoms with Crippen molar-refractivity contribution in [3.05, 3.63) is 35.9 Å². The number of hydrogen-bond donors (Lipinski definition) is 1. The molecule has 19 heavy (non-hydrogen) atoms. The minimum absolute atomic E-state index is 0.138. The fourth-order valence-corrected chi connectivity index (χ4v) is 3.89. The monoisotopic (exact) mass is 258 g/mol. The Kier molecular flexibility index (Phi) is 3.56. The minimum atomic E-state index is -0.138. The molecule has 2 N–H and O–H groups in total. The zero-order chi connectivity index (χ0) is 13.2. The second-order valence-electron chi connectivity index (χ2n) is 6.05. The largest absolute Gasteiger partial charge is 0.370 e. The normalized spacial score (nSPS) is 30.4. The Morgan fingerprint density at radius 3 is 2.37 bits per heavy atom. The van der Waals surface area contributed by atoms with E-state index in [-0.39, 0.29) is 5.91 Å². The highest BCUT2D eigenvalue weighted by molar-refractivity contribution is 5.74. The van der Waals surface area contributed by atoms with E-state index in [1.165, 1.54) is 18.4 Å². The molecule has 2 aliphatic heterocycles. The lowest BCUT2D eigenvalue weighted by Crippen LogP contribution is -2.43. The number of benzene rings is 1. The Balaban J connectivity index is 1.65. The Morgan fingerprint density at radius 1 is 1.16 bits per heavy atom. The number of carbonyl (C=O) groups excluding carboxylic acids is 1. The number of amides is 1. The predicted molar refractivity (Wildman–Crippen MR) is 75.3 cm³/mol. The quantitative estimate of drug-likeness (QED) is 0.900. The summed E-state index contributed by atoms with van der Waals surface area (Å²) in [5, 5.41) is 0. The summed E-state index contributed by atoms with van der Waals surface area (Å²) in [5.74, 6) is 0.378. The topological polar surface area (TPSA) is 46.3 Å². The Hall–Kier alpha value is -1.35. The Bertz CT molecular complexity index is 431. The summed E-state index contributed by atoms with van der Waals surface area (Å²) >= 11 is 0. The summed E-state index contributed by atoms with van der Waals surface area (Å²) in [6, 6.07) is 12.0. The van der Waals surface area contributed by atoms with Gasteiger partial charge in [0.15, 0.2) is 0 Å². The first-order valence-corrected chi connectivity index (χ1v) is 7.30. The van der Waals surface area contributed by atoms with Gasteiger partial charge >= 0.3 is 0 Å². The molecule has 3 heteroatoms. The van der Waals surface area contributed by atoms with Gasteiger partial charge < -0.3 is 5.73 Å². The maximum atomic E-state index is 11.1. The second kappa shape index (κ2) is 5.33. The number of primary amides is 1. The van der Waals surface area contributed by atoms with Crippen molar-refractivity contribution >= 4 is 5.91 Å². The highest BCUT2D eigenvalue weighted by atomic mass is 16.1. The van der Waals surface area contributed by atoms with E-state index >= 15 is 0 Å². The van der Waals surface area contributed by atoms with E-state index in [1.807, 2.05) is 0 Å². The van der Waals surface area contributed by atoms with Crippen LogP contribution in [0.2, 0.25) is 0 Å². The molecule has 0 aromatic heterocycles. The standard InChI is InChI=1S/C16H22N2O/c17-16(19)10-13-8-14-6-7-15(9-13)18(14)11-12-4-2-1-3-5-12/h1-5,13-15H,6-11H2,(H2,17,19)/t13?,14-,15+. The van der Waals surface area contributed by atoms with Crippen molar-refractivity contribution in [1.29, 1.82) is 0 Å². The van der Waals surface area contributed by atoms with Crippen molar-refractivity contribution in [2.24, 2.45) is 11.7 Å². The molecule has 0 aliphatic carbocycles. The van der Waals surface area contributed by atoms with Crippen LogP contribution in [0.25, 0.3) is 0 Å². The van der Waals surface area contributed by atoms with E-state index < -0.39 is 0 Å². The number of piperidine rings is 1. The first-order chi connectivity index (χ1) is 9.22. The van der Waals surface area contributed by atoms with Crippen LogP contribution in [0.5, 0.6) is 0 Å². The third-order valence-corrected chi connectivity index (χ3v) is 4.68. The lowest BCUT2D eigenvalue weighted by molar-refractivity contribution is -0.119. The molecule has 2 fully saturated rings. The molecule has 3 rings (SSSR count). The van der Waals surface area contributed by atoms with E-state index in [0.29, 0.717) is 24.4 Å². The van der Waals surface area contributed by atoms with Gasteiger partial charge in [0.2, 0.25) is 5.91 Å². The molecule has 0 spiro atoms. The maximum Gasteiger partial charge on any atom is 0.217 e. The van der Waals surface area contributed by atoms with Crippen LogP contribution in [-0.4, -0.2) is 22.9 Å². The summed E-state index contributed by atoms with van der Waals surface area (Å²) < 4.78 is 0. The van der Waals surface area contributed by atoms with Crippen molar-refractivity contribution in [2.75, 3.05) is 0 Å². The van der Waals surface area contributed by atoms with Crippen molar-refractivity contribution in [3.63, 3.8) is 0 Å². The van der Waals surface area contributed by atoms with Gasteiger partial charge in [0.25, 0.3) is 0 Å². The van der Waals surface area contributed by atoms with E-state index in [1.54, 1.807) is 0 Å². The Morgan fingerprint density at radius 2 is 1.79 bits per heavy atom.